The Morgan fingerprint density at radius 1 is 0.379 bits per heavy atom. The standard InChI is InChI=1S/C29H58/c1-4-5-6-7-8-9-10-11-12-13-14-15-16-17-18-19-20-21-22-23-24-25-26-27-28-29(2)3/h29H,1-2,4-28H2,3H3. The molecule has 0 saturated heterocycles. The molecule has 2 radical (unpaired) electrons. The van der Waals surface area contributed by atoms with Crippen molar-refractivity contribution < 1.29 is 0 Å². The van der Waals surface area contributed by atoms with Crippen LogP contribution in [0.25, 0.3) is 0 Å². The first-order chi connectivity index (χ1) is 14.3. The average Bonchev–Trinajstić information content (AvgIpc) is 2.71. The third-order valence-corrected chi connectivity index (χ3v) is 6.45. The molecule has 0 heterocycles. The summed E-state index contributed by atoms with van der Waals surface area (Å²) in [5.41, 5.74) is 0. The normalized spacial score (nSPS) is 11.6. The lowest BCUT2D eigenvalue weighted by Gasteiger charge is -2.05. The van der Waals surface area contributed by atoms with Crippen LogP contribution in [0.5, 0.6) is 0 Å². The Hall–Kier alpha value is 0. The summed E-state index contributed by atoms with van der Waals surface area (Å²) in [7, 11) is 0. The minimum atomic E-state index is 0.647. The van der Waals surface area contributed by atoms with Gasteiger partial charge >= 0.3 is 0 Å². The highest BCUT2D eigenvalue weighted by Crippen LogP contribution is 2.16. The first-order valence-corrected chi connectivity index (χ1v) is 13.9. The number of unbranched alkanes of at least 4 members (excludes halogenated alkanes) is 23. The Bertz CT molecular complexity index is 267. The maximum Gasteiger partial charge on any atom is -0.0443 e. The Labute approximate surface area is 187 Å². The molecule has 29 heavy (non-hydrogen) atoms. The molecule has 0 aliphatic carbocycles. The molecule has 0 N–H and O–H groups in total. The molecule has 0 fully saturated rings. The van der Waals surface area contributed by atoms with E-state index in [1.165, 1.54) is 154 Å². The third kappa shape index (κ3) is 28.0. The van der Waals surface area contributed by atoms with Crippen molar-refractivity contribution in [3.05, 3.63) is 13.8 Å². The lowest BCUT2D eigenvalue weighted by atomic mass is 10.0. The smallest absolute Gasteiger partial charge is 0.0443 e. The van der Waals surface area contributed by atoms with Crippen molar-refractivity contribution in [2.24, 2.45) is 5.92 Å². The van der Waals surface area contributed by atoms with Gasteiger partial charge in [-0.05, 0) is 5.92 Å². The van der Waals surface area contributed by atoms with Gasteiger partial charge in [0, 0.05) is 0 Å². The lowest BCUT2D eigenvalue weighted by molar-refractivity contribution is 0.511. The molecule has 0 saturated carbocycles. The Morgan fingerprint density at radius 2 is 0.586 bits per heavy atom. The Balaban J connectivity index is 2.98. The summed E-state index contributed by atoms with van der Waals surface area (Å²) in [5.74, 6) is 0.647. The van der Waals surface area contributed by atoms with Crippen LogP contribution in [0.2, 0.25) is 0 Å². The predicted molar refractivity (Wildman–Crippen MR) is 135 cm³/mol. The average molecular weight is 407 g/mol. The second-order valence-electron chi connectivity index (χ2n) is 9.88. The molecule has 0 spiro atoms. The van der Waals surface area contributed by atoms with E-state index in [9.17, 15) is 0 Å². The van der Waals surface area contributed by atoms with E-state index in [1.807, 2.05) is 0 Å². The summed E-state index contributed by atoms with van der Waals surface area (Å²) >= 11 is 0. The molecule has 0 heteroatoms. The van der Waals surface area contributed by atoms with Crippen LogP contribution in [-0.2, 0) is 0 Å². The zero-order valence-corrected chi connectivity index (χ0v) is 20.7. The van der Waals surface area contributed by atoms with E-state index in [-0.39, 0.29) is 0 Å². The molecular weight excluding hydrogens is 348 g/mol. The Morgan fingerprint density at radius 3 is 0.793 bits per heavy atom. The lowest BCUT2D eigenvalue weighted by Crippen LogP contribution is -1.87. The van der Waals surface area contributed by atoms with Gasteiger partial charge in [-0.2, -0.15) is 0 Å². The van der Waals surface area contributed by atoms with E-state index >= 15 is 0 Å². The van der Waals surface area contributed by atoms with Crippen LogP contribution in [0.15, 0.2) is 0 Å². The first kappa shape index (κ1) is 29.0. The van der Waals surface area contributed by atoms with Crippen LogP contribution < -0.4 is 0 Å². The summed E-state index contributed by atoms with van der Waals surface area (Å²) < 4.78 is 0. The zero-order valence-electron chi connectivity index (χ0n) is 20.7. The molecule has 0 nitrogen and oxygen atoms in total. The summed E-state index contributed by atoms with van der Waals surface area (Å²) in [6.07, 6.45) is 36.0. The van der Waals surface area contributed by atoms with E-state index in [0.717, 1.165) is 6.42 Å². The van der Waals surface area contributed by atoms with Crippen LogP contribution in [0.1, 0.15) is 167 Å². The second kappa shape index (κ2) is 26.0. The monoisotopic (exact) mass is 406 g/mol. The van der Waals surface area contributed by atoms with Crippen molar-refractivity contribution in [2.45, 2.75) is 167 Å². The molecule has 174 valence electrons. The van der Waals surface area contributed by atoms with Crippen molar-refractivity contribution in [2.75, 3.05) is 0 Å². The van der Waals surface area contributed by atoms with Crippen LogP contribution in [-0.4, -0.2) is 0 Å². The third-order valence-electron chi connectivity index (χ3n) is 6.45. The summed E-state index contributed by atoms with van der Waals surface area (Å²) in [6.45, 7) is 10.2. The van der Waals surface area contributed by atoms with Gasteiger partial charge < -0.3 is 0 Å². The molecule has 0 aromatic carbocycles. The second-order valence-corrected chi connectivity index (χ2v) is 9.88. The molecule has 1 unspecified atom stereocenters. The first-order valence-electron chi connectivity index (χ1n) is 13.9. The molecule has 0 aliphatic rings. The van der Waals surface area contributed by atoms with Crippen molar-refractivity contribution in [3.8, 4) is 0 Å². The maximum atomic E-state index is 4.07. The van der Waals surface area contributed by atoms with Crippen LogP contribution in [0.4, 0.5) is 0 Å². The SMILES string of the molecule is [CH2]CCCCCCCCCCCCCCCCCCCCCCCCCC([CH2])C. The van der Waals surface area contributed by atoms with Crippen LogP contribution >= 0.6 is 0 Å². The number of rotatable bonds is 25. The van der Waals surface area contributed by atoms with Gasteiger partial charge in [0.05, 0.1) is 0 Å². The van der Waals surface area contributed by atoms with Crippen molar-refractivity contribution in [1.82, 2.24) is 0 Å². The van der Waals surface area contributed by atoms with Gasteiger partial charge in [0.25, 0.3) is 0 Å². The highest BCUT2D eigenvalue weighted by Gasteiger charge is 1.97. The molecule has 0 rings (SSSR count). The highest BCUT2D eigenvalue weighted by atomic mass is 14.0. The number of hydrogen-bond donors (Lipinski definition) is 0. The van der Waals surface area contributed by atoms with Crippen molar-refractivity contribution in [1.29, 1.82) is 0 Å². The highest BCUT2D eigenvalue weighted by molar-refractivity contribution is 4.55. The molecule has 0 aliphatic heterocycles. The molecule has 0 bridgehead atoms. The molecule has 0 aromatic heterocycles. The van der Waals surface area contributed by atoms with Crippen LogP contribution in [0, 0.1) is 19.8 Å². The predicted octanol–water partition coefficient (Wildman–Crippen LogP) is 11.0. The van der Waals surface area contributed by atoms with Gasteiger partial charge in [-0.3, -0.25) is 0 Å². The summed E-state index contributed by atoms with van der Waals surface area (Å²) in [6, 6.07) is 0. The maximum absolute atomic E-state index is 4.07. The topological polar surface area (TPSA) is 0 Å². The Kier molecular flexibility index (Phi) is 26.0. The van der Waals surface area contributed by atoms with E-state index in [2.05, 4.69) is 20.8 Å². The molecular formula is C29H58. The molecule has 0 aromatic rings. The fourth-order valence-corrected chi connectivity index (χ4v) is 4.38. The van der Waals surface area contributed by atoms with Crippen molar-refractivity contribution in [3.63, 3.8) is 0 Å². The van der Waals surface area contributed by atoms with E-state index in [4.69, 9.17) is 0 Å². The molecule has 0 amide bonds. The van der Waals surface area contributed by atoms with Crippen LogP contribution in [0.3, 0.4) is 0 Å². The fraction of sp³-hybridized carbons (Fsp3) is 0.931. The minimum Gasteiger partial charge on any atom is -0.0625 e. The summed E-state index contributed by atoms with van der Waals surface area (Å²) in [5, 5.41) is 0. The van der Waals surface area contributed by atoms with Gasteiger partial charge in [-0.25, -0.2) is 0 Å². The minimum absolute atomic E-state index is 0.647. The zero-order chi connectivity index (χ0) is 21.3. The van der Waals surface area contributed by atoms with E-state index < -0.39 is 0 Å². The fourth-order valence-electron chi connectivity index (χ4n) is 4.38. The quantitative estimate of drug-likeness (QED) is 0.132. The van der Waals surface area contributed by atoms with E-state index in [1.54, 1.807) is 0 Å². The number of hydrogen-bond acceptors (Lipinski definition) is 0. The van der Waals surface area contributed by atoms with Gasteiger partial charge in [0.15, 0.2) is 0 Å². The van der Waals surface area contributed by atoms with Gasteiger partial charge in [-0.15, -0.1) is 0 Å². The van der Waals surface area contributed by atoms with Gasteiger partial charge in [-0.1, -0.05) is 181 Å². The summed E-state index contributed by atoms with van der Waals surface area (Å²) in [4.78, 5) is 0. The van der Waals surface area contributed by atoms with E-state index in [0.29, 0.717) is 5.92 Å². The van der Waals surface area contributed by atoms with Gasteiger partial charge in [0.2, 0.25) is 0 Å². The van der Waals surface area contributed by atoms with Crippen molar-refractivity contribution >= 4 is 0 Å². The van der Waals surface area contributed by atoms with Gasteiger partial charge in [0.1, 0.15) is 0 Å². The molecule has 1 atom stereocenters. The largest absolute Gasteiger partial charge is 0.0625 e.